The fourth-order valence-electron chi connectivity index (χ4n) is 3.85. The van der Waals surface area contributed by atoms with Crippen LogP contribution in [0, 0.1) is 5.41 Å². The van der Waals surface area contributed by atoms with E-state index in [1.807, 2.05) is 0 Å². The first-order valence-corrected chi connectivity index (χ1v) is 8.49. The maximum atomic E-state index is 3.93. The molecule has 2 aliphatic rings. The van der Waals surface area contributed by atoms with E-state index < -0.39 is 0 Å². The summed E-state index contributed by atoms with van der Waals surface area (Å²) in [6, 6.07) is 0.748. The van der Waals surface area contributed by atoms with Gasteiger partial charge in [-0.2, -0.15) is 0 Å². The molecular weight excluding hydrogens is 232 g/mol. The van der Waals surface area contributed by atoms with E-state index in [2.05, 4.69) is 37.9 Å². The molecule has 0 aromatic rings. The monoisotopic (exact) mass is 266 g/mol. The fraction of sp³-hybridized carbons (Fsp3) is 1.00. The van der Waals surface area contributed by atoms with Crippen molar-refractivity contribution in [2.45, 2.75) is 84.2 Å². The van der Waals surface area contributed by atoms with Crippen LogP contribution in [0.15, 0.2) is 0 Å². The van der Waals surface area contributed by atoms with Crippen molar-refractivity contribution >= 4 is 0 Å². The van der Waals surface area contributed by atoms with E-state index in [0.717, 1.165) is 6.04 Å². The number of hydrogen-bond acceptors (Lipinski definition) is 2. The first kappa shape index (κ1) is 15.3. The SMILES string of the molecule is CCC1CNC2(CCCCC2)CN1CC(C)(C)CC. The maximum absolute atomic E-state index is 3.93. The second-order valence-corrected chi connectivity index (χ2v) is 7.71. The van der Waals surface area contributed by atoms with Gasteiger partial charge in [-0.3, -0.25) is 4.90 Å². The lowest BCUT2D eigenvalue weighted by molar-refractivity contribution is 0.0276. The number of rotatable bonds is 4. The molecule has 0 aromatic carbocycles. The molecule has 1 atom stereocenters. The van der Waals surface area contributed by atoms with Crippen LogP contribution in [0.3, 0.4) is 0 Å². The highest BCUT2D eigenvalue weighted by Gasteiger charge is 2.40. The van der Waals surface area contributed by atoms with E-state index in [1.165, 1.54) is 64.6 Å². The molecule has 0 bridgehead atoms. The van der Waals surface area contributed by atoms with Gasteiger partial charge in [0.2, 0.25) is 0 Å². The van der Waals surface area contributed by atoms with Gasteiger partial charge in [0.05, 0.1) is 0 Å². The van der Waals surface area contributed by atoms with Crippen molar-refractivity contribution in [3.63, 3.8) is 0 Å². The molecule has 1 saturated carbocycles. The van der Waals surface area contributed by atoms with Crippen LogP contribution in [0.25, 0.3) is 0 Å². The summed E-state index contributed by atoms with van der Waals surface area (Å²) in [6.45, 7) is 13.3. The van der Waals surface area contributed by atoms with Crippen LogP contribution in [-0.2, 0) is 0 Å². The van der Waals surface area contributed by atoms with Gasteiger partial charge in [-0.05, 0) is 31.1 Å². The van der Waals surface area contributed by atoms with E-state index in [0.29, 0.717) is 11.0 Å². The number of hydrogen-bond donors (Lipinski definition) is 1. The summed E-state index contributed by atoms with van der Waals surface area (Å²) in [5.74, 6) is 0. The van der Waals surface area contributed by atoms with Crippen LogP contribution in [0.2, 0.25) is 0 Å². The highest BCUT2D eigenvalue weighted by Crippen LogP contribution is 2.34. The molecule has 1 unspecified atom stereocenters. The van der Waals surface area contributed by atoms with Crippen LogP contribution < -0.4 is 5.32 Å². The smallest absolute Gasteiger partial charge is 0.0309 e. The van der Waals surface area contributed by atoms with Crippen LogP contribution in [0.5, 0.6) is 0 Å². The Hall–Kier alpha value is -0.0800. The van der Waals surface area contributed by atoms with Gasteiger partial charge in [0.15, 0.2) is 0 Å². The van der Waals surface area contributed by atoms with Crippen molar-refractivity contribution in [3.8, 4) is 0 Å². The van der Waals surface area contributed by atoms with Crippen molar-refractivity contribution in [1.29, 1.82) is 0 Å². The number of piperazine rings is 1. The molecule has 112 valence electrons. The fourth-order valence-corrected chi connectivity index (χ4v) is 3.85. The normalized spacial score (nSPS) is 28.7. The maximum Gasteiger partial charge on any atom is 0.0309 e. The highest BCUT2D eigenvalue weighted by atomic mass is 15.3. The van der Waals surface area contributed by atoms with E-state index >= 15 is 0 Å². The molecule has 0 amide bonds. The third kappa shape index (κ3) is 3.72. The predicted molar refractivity (Wildman–Crippen MR) is 83.5 cm³/mol. The molecule has 2 nitrogen and oxygen atoms in total. The molecule has 0 radical (unpaired) electrons. The number of nitrogens with zero attached hydrogens (tertiary/aromatic N) is 1. The van der Waals surface area contributed by atoms with Gasteiger partial charge in [0, 0.05) is 31.2 Å². The van der Waals surface area contributed by atoms with Crippen molar-refractivity contribution < 1.29 is 0 Å². The molecule has 2 rings (SSSR count). The summed E-state index contributed by atoms with van der Waals surface area (Å²) < 4.78 is 0. The topological polar surface area (TPSA) is 15.3 Å². The lowest BCUT2D eigenvalue weighted by Gasteiger charge is -2.51. The van der Waals surface area contributed by atoms with E-state index in [9.17, 15) is 0 Å². The van der Waals surface area contributed by atoms with E-state index in [-0.39, 0.29) is 0 Å². The largest absolute Gasteiger partial charge is 0.308 e. The molecule has 2 fully saturated rings. The summed E-state index contributed by atoms with van der Waals surface area (Å²) in [5.41, 5.74) is 0.911. The molecule has 1 aliphatic carbocycles. The molecule has 1 heterocycles. The van der Waals surface area contributed by atoms with Gasteiger partial charge in [-0.25, -0.2) is 0 Å². The minimum absolute atomic E-state index is 0.452. The summed E-state index contributed by atoms with van der Waals surface area (Å²) in [5, 5.41) is 3.93. The van der Waals surface area contributed by atoms with Crippen molar-refractivity contribution in [3.05, 3.63) is 0 Å². The molecule has 1 aliphatic heterocycles. The van der Waals surface area contributed by atoms with Crippen molar-refractivity contribution in [2.24, 2.45) is 5.41 Å². The van der Waals surface area contributed by atoms with Gasteiger partial charge in [0.1, 0.15) is 0 Å². The Labute approximate surface area is 120 Å². The Morgan fingerprint density at radius 2 is 1.84 bits per heavy atom. The van der Waals surface area contributed by atoms with Gasteiger partial charge in [-0.15, -0.1) is 0 Å². The van der Waals surface area contributed by atoms with Crippen LogP contribution in [0.4, 0.5) is 0 Å². The molecular formula is C17H34N2. The van der Waals surface area contributed by atoms with Crippen molar-refractivity contribution in [2.75, 3.05) is 19.6 Å². The summed E-state index contributed by atoms with van der Waals surface area (Å²) in [4.78, 5) is 2.81. The van der Waals surface area contributed by atoms with Gasteiger partial charge < -0.3 is 5.32 Å². The molecule has 19 heavy (non-hydrogen) atoms. The Bertz CT molecular complexity index is 279. The standard InChI is InChI=1S/C17H34N2/c1-5-15-12-18-17(10-8-7-9-11-17)14-19(15)13-16(3,4)6-2/h15,18H,5-14H2,1-4H3. The Morgan fingerprint density at radius 3 is 2.42 bits per heavy atom. The molecule has 1 saturated heterocycles. The summed E-state index contributed by atoms with van der Waals surface area (Å²) >= 11 is 0. The van der Waals surface area contributed by atoms with Crippen molar-refractivity contribution in [1.82, 2.24) is 10.2 Å². The first-order chi connectivity index (χ1) is 9.00. The number of nitrogens with one attached hydrogen (secondary N) is 1. The Balaban J connectivity index is 2.04. The van der Waals surface area contributed by atoms with Crippen LogP contribution in [-0.4, -0.2) is 36.1 Å². The van der Waals surface area contributed by atoms with Gasteiger partial charge >= 0.3 is 0 Å². The summed E-state index contributed by atoms with van der Waals surface area (Å²) in [7, 11) is 0. The van der Waals surface area contributed by atoms with Gasteiger partial charge in [0.25, 0.3) is 0 Å². The minimum atomic E-state index is 0.452. The minimum Gasteiger partial charge on any atom is -0.308 e. The molecule has 1 N–H and O–H groups in total. The third-order valence-corrected chi connectivity index (χ3v) is 5.60. The van der Waals surface area contributed by atoms with Crippen LogP contribution in [0.1, 0.15) is 72.6 Å². The lowest BCUT2D eigenvalue weighted by Crippen LogP contribution is -2.65. The van der Waals surface area contributed by atoms with E-state index in [1.54, 1.807) is 0 Å². The molecule has 1 spiro atoms. The lowest BCUT2D eigenvalue weighted by atomic mass is 9.78. The zero-order chi connectivity index (χ0) is 13.9. The average Bonchev–Trinajstić information content (AvgIpc) is 2.40. The first-order valence-electron chi connectivity index (χ1n) is 8.49. The molecule has 2 heteroatoms. The van der Waals surface area contributed by atoms with Gasteiger partial charge in [-0.1, -0.05) is 47.0 Å². The quantitative estimate of drug-likeness (QED) is 0.832. The second kappa shape index (κ2) is 6.13. The van der Waals surface area contributed by atoms with Crippen LogP contribution >= 0.6 is 0 Å². The molecule has 0 aromatic heterocycles. The zero-order valence-electron chi connectivity index (χ0n) is 13.6. The second-order valence-electron chi connectivity index (χ2n) is 7.71. The Kier molecular flexibility index (Phi) is 4.94. The predicted octanol–water partition coefficient (Wildman–Crippen LogP) is 3.81. The van der Waals surface area contributed by atoms with E-state index in [4.69, 9.17) is 0 Å². The highest BCUT2D eigenvalue weighted by molar-refractivity contribution is 5.00. The Morgan fingerprint density at radius 1 is 1.16 bits per heavy atom. The third-order valence-electron chi connectivity index (χ3n) is 5.60. The zero-order valence-corrected chi connectivity index (χ0v) is 13.6. The summed E-state index contributed by atoms with van der Waals surface area (Å²) in [6.07, 6.45) is 9.65. The average molecular weight is 266 g/mol.